The molecule has 7 heteroatoms. The zero-order valence-electron chi connectivity index (χ0n) is 15.2. The molecule has 1 unspecified atom stereocenters. The molecule has 2 aromatic carbocycles. The van der Waals surface area contributed by atoms with Crippen LogP contribution in [0.3, 0.4) is 0 Å². The normalized spacial score (nSPS) is 13.8. The molecule has 4 aromatic rings. The highest BCUT2D eigenvalue weighted by molar-refractivity contribution is 7.71. The Bertz CT molecular complexity index is 1240. The summed E-state index contributed by atoms with van der Waals surface area (Å²) in [5.41, 5.74) is 3.55. The number of carbonyl (C=O) groups excluding carboxylic acids is 1. The molecule has 0 saturated heterocycles. The zero-order chi connectivity index (χ0) is 19.3. The summed E-state index contributed by atoms with van der Waals surface area (Å²) in [6.45, 7) is 1.85. The van der Waals surface area contributed by atoms with E-state index in [-0.39, 0.29) is 5.91 Å². The number of nitrogens with zero attached hydrogens (tertiary/aromatic N) is 2. The third-order valence-corrected chi connectivity index (χ3v) is 6.50. The van der Waals surface area contributed by atoms with E-state index in [1.54, 1.807) is 15.9 Å². The largest absolute Gasteiger partial charge is 0.324 e. The van der Waals surface area contributed by atoms with E-state index in [9.17, 15) is 4.79 Å². The number of carbonyl (C=O) groups is 1. The van der Waals surface area contributed by atoms with Gasteiger partial charge in [-0.05, 0) is 66.0 Å². The van der Waals surface area contributed by atoms with Crippen molar-refractivity contribution >= 4 is 45.9 Å². The molecule has 0 fully saturated rings. The summed E-state index contributed by atoms with van der Waals surface area (Å²) in [6, 6.07) is 13.9. The van der Waals surface area contributed by atoms with Gasteiger partial charge in [0, 0.05) is 11.1 Å². The summed E-state index contributed by atoms with van der Waals surface area (Å²) < 4.78 is 2.21. The quantitative estimate of drug-likeness (QED) is 0.462. The van der Waals surface area contributed by atoms with Crippen LogP contribution >= 0.6 is 23.6 Å². The van der Waals surface area contributed by atoms with E-state index < -0.39 is 6.04 Å². The van der Waals surface area contributed by atoms with Gasteiger partial charge in [-0.25, -0.2) is 0 Å². The van der Waals surface area contributed by atoms with Crippen LogP contribution in [-0.2, 0) is 17.6 Å². The second-order valence-corrected chi connectivity index (χ2v) is 8.31. The number of anilines is 1. The van der Waals surface area contributed by atoms with Crippen LogP contribution in [0.15, 0.2) is 47.8 Å². The second kappa shape index (κ2) is 6.68. The Morgan fingerprint density at radius 2 is 2.04 bits per heavy atom. The first kappa shape index (κ1) is 17.3. The number of hydrogen-bond donors (Lipinski definition) is 2. The Balaban J connectivity index is 1.50. The first-order valence-corrected chi connectivity index (χ1v) is 10.5. The Hall–Kier alpha value is -2.77. The topological polar surface area (TPSA) is 62.7 Å². The third kappa shape index (κ3) is 2.70. The maximum Gasteiger partial charge on any atom is 0.247 e. The molecule has 2 aromatic heterocycles. The lowest BCUT2D eigenvalue weighted by Gasteiger charge is -2.17. The van der Waals surface area contributed by atoms with Crippen molar-refractivity contribution in [1.82, 2.24) is 14.8 Å². The minimum Gasteiger partial charge on any atom is -0.324 e. The van der Waals surface area contributed by atoms with Gasteiger partial charge < -0.3 is 5.32 Å². The zero-order valence-corrected chi connectivity index (χ0v) is 16.9. The highest BCUT2D eigenvalue weighted by atomic mass is 32.1. The second-order valence-electron chi connectivity index (χ2n) is 6.98. The minimum absolute atomic E-state index is 0.117. The fourth-order valence-corrected chi connectivity index (χ4v) is 4.95. The standard InChI is InChI=1S/C21H18N4OS2/c1-12(25-19(23-24-21(25)27)17-6-3-11-28-17)20(26)22-16-10-9-14-8-7-13-4-2-5-15(16)18(13)14/h2-6,9-12H,7-8H2,1H3,(H,22,26)(H,24,27). The van der Waals surface area contributed by atoms with Crippen LogP contribution in [0.2, 0.25) is 0 Å². The predicted molar refractivity (Wildman–Crippen MR) is 115 cm³/mol. The summed E-state index contributed by atoms with van der Waals surface area (Å²) in [6.07, 6.45) is 2.13. The van der Waals surface area contributed by atoms with E-state index in [1.165, 1.54) is 16.5 Å². The highest BCUT2D eigenvalue weighted by Gasteiger charge is 2.23. The molecular formula is C21H18N4OS2. The summed E-state index contributed by atoms with van der Waals surface area (Å²) >= 11 is 6.96. The lowest BCUT2D eigenvalue weighted by Crippen LogP contribution is -2.24. The van der Waals surface area contributed by atoms with Crippen LogP contribution in [0, 0.1) is 4.77 Å². The van der Waals surface area contributed by atoms with Crippen molar-refractivity contribution in [3.63, 3.8) is 0 Å². The first-order chi connectivity index (χ1) is 13.6. The number of hydrogen-bond acceptors (Lipinski definition) is 4. The summed E-state index contributed by atoms with van der Waals surface area (Å²) in [5.74, 6) is 0.567. The summed E-state index contributed by atoms with van der Waals surface area (Å²) in [5, 5.41) is 14.6. The van der Waals surface area contributed by atoms with Gasteiger partial charge in [-0.3, -0.25) is 14.5 Å². The van der Waals surface area contributed by atoms with Gasteiger partial charge >= 0.3 is 0 Å². The number of nitrogens with one attached hydrogen (secondary N) is 2. The third-order valence-electron chi connectivity index (χ3n) is 5.35. The summed E-state index contributed by atoms with van der Waals surface area (Å²) in [7, 11) is 0. The Morgan fingerprint density at radius 1 is 1.21 bits per heavy atom. The number of aromatic amines is 1. The van der Waals surface area contributed by atoms with Gasteiger partial charge in [-0.1, -0.05) is 30.3 Å². The molecule has 0 spiro atoms. The van der Waals surface area contributed by atoms with E-state index in [0.717, 1.165) is 28.8 Å². The predicted octanol–water partition coefficient (Wildman–Crippen LogP) is 5.12. The number of amides is 1. The molecule has 1 atom stereocenters. The smallest absolute Gasteiger partial charge is 0.247 e. The Labute approximate surface area is 171 Å². The van der Waals surface area contributed by atoms with Crippen LogP contribution in [0.25, 0.3) is 21.5 Å². The molecular weight excluding hydrogens is 388 g/mol. The fourth-order valence-electron chi connectivity index (χ4n) is 3.95. The fraction of sp³-hybridized carbons (Fsp3) is 0.190. The van der Waals surface area contributed by atoms with E-state index in [1.807, 2.05) is 30.5 Å². The molecule has 0 aliphatic heterocycles. The summed E-state index contributed by atoms with van der Waals surface area (Å²) in [4.78, 5) is 14.1. The lowest BCUT2D eigenvalue weighted by atomic mass is 10.0. The molecule has 0 radical (unpaired) electrons. The molecule has 5 nitrogen and oxygen atoms in total. The van der Waals surface area contributed by atoms with Crippen molar-refractivity contribution in [2.24, 2.45) is 0 Å². The van der Waals surface area contributed by atoms with E-state index in [2.05, 4.69) is 39.8 Å². The molecule has 1 aliphatic carbocycles. The SMILES string of the molecule is CC(C(=O)Nc1ccc2c3c(cccc13)CC2)n1c(-c2cccs2)n[nH]c1=S. The van der Waals surface area contributed by atoms with Gasteiger partial charge in [0.05, 0.1) is 4.88 Å². The van der Waals surface area contributed by atoms with Crippen molar-refractivity contribution in [2.75, 3.05) is 5.32 Å². The molecule has 0 saturated carbocycles. The van der Waals surface area contributed by atoms with Crippen LogP contribution < -0.4 is 5.32 Å². The van der Waals surface area contributed by atoms with Crippen LogP contribution in [-0.4, -0.2) is 20.7 Å². The van der Waals surface area contributed by atoms with Gasteiger partial charge in [0.2, 0.25) is 5.91 Å². The maximum absolute atomic E-state index is 13.1. The van der Waals surface area contributed by atoms with Crippen molar-refractivity contribution in [1.29, 1.82) is 0 Å². The minimum atomic E-state index is -0.494. The van der Waals surface area contributed by atoms with Crippen LogP contribution in [0.1, 0.15) is 24.1 Å². The molecule has 0 bridgehead atoms. The number of thiophene rings is 1. The molecule has 1 aliphatic rings. The van der Waals surface area contributed by atoms with Gasteiger partial charge in [0.25, 0.3) is 0 Å². The Morgan fingerprint density at radius 3 is 2.82 bits per heavy atom. The van der Waals surface area contributed by atoms with Crippen LogP contribution in [0.5, 0.6) is 0 Å². The molecule has 28 heavy (non-hydrogen) atoms. The molecule has 1 amide bonds. The highest BCUT2D eigenvalue weighted by Crippen LogP contribution is 2.35. The number of benzene rings is 2. The molecule has 140 valence electrons. The first-order valence-electron chi connectivity index (χ1n) is 9.18. The molecule has 5 rings (SSSR count). The van der Waals surface area contributed by atoms with Gasteiger partial charge in [0.1, 0.15) is 6.04 Å². The van der Waals surface area contributed by atoms with Gasteiger partial charge in [-0.2, -0.15) is 5.10 Å². The number of H-pyrrole nitrogens is 1. The number of aromatic nitrogens is 3. The average molecular weight is 407 g/mol. The number of rotatable bonds is 4. The monoisotopic (exact) mass is 406 g/mol. The van der Waals surface area contributed by atoms with Crippen LogP contribution in [0.4, 0.5) is 5.69 Å². The van der Waals surface area contributed by atoms with Gasteiger partial charge in [-0.15, -0.1) is 11.3 Å². The molecule has 2 N–H and O–H groups in total. The van der Waals surface area contributed by atoms with E-state index in [4.69, 9.17) is 12.2 Å². The van der Waals surface area contributed by atoms with E-state index in [0.29, 0.717) is 10.6 Å². The van der Waals surface area contributed by atoms with Crippen molar-refractivity contribution in [3.05, 3.63) is 63.7 Å². The molecule has 2 heterocycles. The Kier molecular flexibility index (Phi) is 4.14. The van der Waals surface area contributed by atoms with Crippen molar-refractivity contribution in [3.8, 4) is 10.7 Å². The van der Waals surface area contributed by atoms with E-state index >= 15 is 0 Å². The van der Waals surface area contributed by atoms with Gasteiger partial charge in [0.15, 0.2) is 10.6 Å². The lowest BCUT2D eigenvalue weighted by molar-refractivity contribution is -0.118. The van der Waals surface area contributed by atoms with Crippen molar-refractivity contribution < 1.29 is 4.79 Å². The number of aryl methyl sites for hydroxylation is 2. The maximum atomic E-state index is 13.1. The average Bonchev–Trinajstić information content (AvgIpc) is 3.44. The van der Waals surface area contributed by atoms with Crippen molar-refractivity contribution in [2.45, 2.75) is 25.8 Å².